The number of hydrogen-bond acceptors (Lipinski definition) is 6. The Labute approximate surface area is 256 Å². The van der Waals surface area contributed by atoms with Gasteiger partial charge in [0.25, 0.3) is 0 Å². The second-order valence-electron chi connectivity index (χ2n) is 13.0. The fourth-order valence-corrected chi connectivity index (χ4v) is 8.29. The fraction of sp³-hybridized carbons (Fsp3) is 0.629. The van der Waals surface area contributed by atoms with E-state index in [0.29, 0.717) is 32.2 Å². The summed E-state index contributed by atoms with van der Waals surface area (Å²) in [5, 5.41) is 10.7. The van der Waals surface area contributed by atoms with E-state index in [2.05, 4.69) is 13.2 Å². The normalized spacial score (nSPS) is 30.6. The van der Waals surface area contributed by atoms with Gasteiger partial charge in [-0.15, -0.1) is 13.2 Å². The monoisotopic (exact) mass is 592 g/mol. The number of unbranched alkanes of at least 4 members (excludes halogenated alkanes) is 2. The van der Waals surface area contributed by atoms with Gasteiger partial charge in [0, 0.05) is 12.6 Å². The van der Waals surface area contributed by atoms with E-state index in [9.17, 15) is 19.5 Å². The Kier molecular flexibility index (Phi) is 9.76. The Morgan fingerprint density at radius 1 is 1.14 bits per heavy atom. The van der Waals surface area contributed by atoms with Crippen LogP contribution in [0, 0.1) is 11.8 Å². The van der Waals surface area contributed by atoms with E-state index in [0.717, 1.165) is 50.5 Å². The molecule has 8 nitrogen and oxygen atoms in total. The minimum Gasteiger partial charge on any atom is -0.465 e. The smallest absolute Gasteiger partial charge is 0.312 e. The second-order valence-corrected chi connectivity index (χ2v) is 13.0. The van der Waals surface area contributed by atoms with Gasteiger partial charge in [-0.2, -0.15) is 0 Å². The second kappa shape index (κ2) is 13.3. The molecule has 5 rings (SSSR count). The van der Waals surface area contributed by atoms with Crippen LogP contribution in [0.25, 0.3) is 0 Å². The highest BCUT2D eigenvalue weighted by Gasteiger charge is 2.79. The summed E-state index contributed by atoms with van der Waals surface area (Å²) in [5.41, 5.74) is -1.10. The number of carbonyl (C=O) groups excluding carboxylic acids is 3. The highest BCUT2D eigenvalue weighted by Crippen LogP contribution is 2.64. The topological polar surface area (TPSA) is 96.4 Å². The van der Waals surface area contributed by atoms with Gasteiger partial charge in [0.2, 0.25) is 11.8 Å². The lowest BCUT2D eigenvalue weighted by Gasteiger charge is -2.42. The Morgan fingerprint density at radius 2 is 1.88 bits per heavy atom. The first-order valence-electron chi connectivity index (χ1n) is 16.2. The van der Waals surface area contributed by atoms with Gasteiger partial charge in [0.05, 0.1) is 30.8 Å². The first-order chi connectivity index (χ1) is 20.8. The molecule has 1 aromatic carbocycles. The van der Waals surface area contributed by atoms with Gasteiger partial charge in [0.15, 0.2) is 0 Å². The van der Waals surface area contributed by atoms with Gasteiger partial charge >= 0.3 is 5.97 Å². The zero-order valence-electron chi connectivity index (χ0n) is 25.6. The molecular weight excluding hydrogens is 544 g/mol. The van der Waals surface area contributed by atoms with Gasteiger partial charge in [-0.05, 0) is 63.9 Å². The summed E-state index contributed by atoms with van der Waals surface area (Å²) in [6, 6.07) is 8.15. The molecule has 3 heterocycles. The number of esters is 1. The zero-order valence-corrected chi connectivity index (χ0v) is 25.6. The molecule has 3 saturated heterocycles. The molecule has 2 unspecified atom stereocenters. The molecule has 234 valence electrons. The number of fused-ring (bicyclic) bond motifs is 1. The number of benzene rings is 1. The summed E-state index contributed by atoms with van der Waals surface area (Å²) in [6.07, 6.45) is 12.5. The van der Waals surface area contributed by atoms with Crippen LogP contribution in [0.15, 0.2) is 55.6 Å². The Hall–Kier alpha value is -2.97. The van der Waals surface area contributed by atoms with E-state index in [4.69, 9.17) is 9.47 Å². The number of aliphatic hydroxyl groups excluding tert-OH is 1. The molecule has 0 aromatic heterocycles. The number of hydrogen-bond donors (Lipinski definition) is 1. The maximum Gasteiger partial charge on any atom is 0.312 e. The molecule has 43 heavy (non-hydrogen) atoms. The maximum atomic E-state index is 14.8. The van der Waals surface area contributed by atoms with Crippen LogP contribution in [0.3, 0.4) is 0 Å². The number of aliphatic hydroxyl groups is 1. The number of amides is 2. The van der Waals surface area contributed by atoms with Crippen LogP contribution in [0.2, 0.25) is 0 Å². The summed E-state index contributed by atoms with van der Waals surface area (Å²) >= 11 is 0. The Balaban J connectivity index is 1.52. The number of likely N-dealkylation sites (tertiary alicyclic amines) is 1. The van der Waals surface area contributed by atoms with Crippen molar-refractivity contribution in [3.63, 3.8) is 0 Å². The van der Waals surface area contributed by atoms with Crippen molar-refractivity contribution in [1.82, 2.24) is 9.80 Å². The van der Waals surface area contributed by atoms with E-state index in [1.165, 1.54) is 0 Å². The minimum absolute atomic E-state index is 0.0545. The van der Waals surface area contributed by atoms with Crippen molar-refractivity contribution >= 4 is 17.8 Å². The van der Waals surface area contributed by atoms with Crippen molar-refractivity contribution in [3.8, 4) is 0 Å². The fourth-order valence-electron chi connectivity index (χ4n) is 8.29. The van der Waals surface area contributed by atoms with Crippen LogP contribution < -0.4 is 0 Å². The molecule has 1 saturated carbocycles. The van der Waals surface area contributed by atoms with Crippen LogP contribution in [-0.2, 0) is 30.3 Å². The third-order valence-electron chi connectivity index (χ3n) is 10.3. The Morgan fingerprint density at radius 3 is 2.56 bits per heavy atom. The number of rotatable bonds is 14. The van der Waals surface area contributed by atoms with Crippen molar-refractivity contribution in [1.29, 1.82) is 0 Å². The van der Waals surface area contributed by atoms with Gasteiger partial charge in [0.1, 0.15) is 17.6 Å². The number of ether oxygens (including phenoxy) is 2. The van der Waals surface area contributed by atoms with Crippen molar-refractivity contribution in [2.75, 3.05) is 19.8 Å². The van der Waals surface area contributed by atoms with Gasteiger partial charge in [-0.3, -0.25) is 14.4 Å². The van der Waals surface area contributed by atoms with Gasteiger partial charge < -0.3 is 24.4 Å². The highest BCUT2D eigenvalue weighted by molar-refractivity contribution is 5.99. The van der Waals surface area contributed by atoms with E-state index in [-0.39, 0.29) is 31.1 Å². The van der Waals surface area contributed by atoms with Crippen LogP contribution in [-0.4, -0.2) is 81.8 Å². The molecule has 1 spiro atoms. The van der Waals surface area contributed by atoms with E-state index in [1.807, 2.05) is 48.2 Å². The summed E-state index contributed by atoms with van der Waals surface area (Å²) in [4.78, 5) is 46.7. The lowest BCUT2D eigenvalue weighted by atomic mass is 9.66. The zero-order chi connectivity index (χ0) is 30.6. The number of nitrogens with zero attached hydrogens (tertiary/aromatic N) is 2. The summed E-state index contributed by atoms with van der Waals surface area (Å²) < 4.78 is 12.6. The average Bonchev–Trinajstić information content (AvgIpc) is 3.59. The van der Waals surface area contributed by atoms with Gasteiger partial charge in [-0.1, -0.05) is 61.7 Å². The van der Waals surface area contributed by atoms with Crippen LogP contribution in [0.5, 0.6) is 0 Å². The molecule has 0 radical (unpaired) electrons. The molecule has 6 atom stereocenters. The molecule has 4 aliphatic rings. The van der Waals surface area contributed by atoms with E-state index < -0.39 is 41.1 Å². The van der Waals surface area contributed by atoms with E-state index in [1.54, 1.807) is 11.0 Å². The Bertz CT molecular complexity index is 1180. The third-order valence-corrected chi connectivity index (χ3v) is 10.3. The predicted octanol–water partition coefficient (Wildman–Crippen LogP) is 4.60. The minimum atomic E-state index is -1.16. The maximum absolute atomic E-state index is 14.8. The van der Waals surface area contributed by atoms with E-state index >= 15 is 0 Å². The lowest BCUT2D eigenvalue weighted by Crippen LogP contribution is -2.60. The molecule has 1 aromatic rings. The summed E-state index contributed by atoms with van der Waals surface area (Å²) in [7, 11) is 0. The first-order valence-corrected chi connectivity index (χ1v) is 16.2. The van der Waals surface area contributed by atoms with Crippen molar-refractivity contribution in [3.05, 3.63) is 61.2 Å². The lowest BCUT2D eigenvalue weighted by molar-refractivity contribution is -0.162. The molecule has 1 aliphatic carbocycles. The van der Waals surface area contributed by atoms with Crippen LogP contribution in [0.4, 0.5) is 0 Å². The molecule has 4 fully saturated rings. The van der Waals surface area contributed by atoms with Crippen molar-refractivity contribution < 1.29 is 29.0 Å². The molecular formula is C35H48N2O6. The van der Waals surface area contributed by atoms with Crippen LogP contribution in [0.1, 0.15) is 76.7 Å². The number of allylic oxidation sites excluding steroid dienone is 1. The number of carbonyl (C=O) groups is 3. The molecule has 1 N–H and O–H groups in total. The quantitative estimate of drug-likeness (QED) is 0.193. The van der Waals surface area contributed by atoms with Gasteiger partial charge in [-0.25, -0.2) is 0 Å². The first kappa shape index (κ1) is 31.5. The molecule has 3 aliphatic heterocycles. The highest BCUT2D eigenvalue weighted by atomic mass is 16.6. The third kappa shape index (κ3) is 5.80. The molecule has 2 bridgehead atoms. The largest absolute Gasteiger partial charge is 0.465 e. The summed E-state index contributed by atoms with van der Waals surface area (Å²) in [5.74, 6) is -2.56. The standard InChI is InChI=1S/C35H48N2O6/c1-4-6-7-14-22-42-33(41)29-28-31(39)37(27(24-38)23-25-15-10-8-11-16-25)30(35(28)20-19-34(29,3)43-35)32(40)36(21-5-2)26-17-12-9-13-18-26/h4-5,8,10-11,15-16,26-30,38H,1-2,6-7,9,12-14,17-24H2,3H3/t27-,28+,29-,30?,34+,35?/m1/s1. The van der Waals surface area contributed by atoms with Crippen LogP contribution >= 0.6 is 0 Å². The van der Waals surface area contributed by atoms with Crippen molar-refractivity contribution in [2.45, 2.75) is 107 Å². The molecule has 8 heteroatoms. The SMILES string of the molecule is C=CCCCCOC(=O)[C@H]1[C@H]2C(=O)N([C@@H](CO)Cc3ccccc3)C(C(=O)N(CC=C)C3CCCCC3)C23CC[C@]1(C)O3. The average molecular weight is 593 g/mol. The van der Waals surface area contributed by atoms with Crippen molar-refractivity contribution in [2.24, 2.45) is 11.8 Å². The summed E-state index contributed by atoms with van der Waals surface area (Å²) in [6.45, 7) is 9.90. The predicted molar refractivity (Wildman–Crippen MR) is 164 cm³/mol. The molecule has 2 amide bonds.